The Kier molecular flexibility index (Phi) is 2.01. The first-order chi connectivity index (χ1) is 6.16. The van der Waals surface area contributed by atoms with Crippen LogP contribution in [0.5, 0.6) is 0 Å². The summed E-state index contributed by atoms with van der Waals surface area (Å²) in [7, 11) is 0. The van der Waals surface area contributed by atoms with Gasteiger partial charge in [-0.2, -0.15) is 0 Å². The lowest BCUT2D eigenvalue weighted by Gasteiger charge is -2.04. The Morgan fingerprint density at radius 2 is 1.77 bits per heavy atom. The van der Waals surface area contributed by atoms with E-state index < -0.39 is 0 Å². The van der Waals surface area contributed by atoms with Crippen LogP contribution in [0.15, 0.2) is 30.3 Å². The van der Waals surface area contributed by atoms with Crippen molar-refractivity contribution < 1.29 is 0 Å². The molecule has 1 heteroatoms. The van der Waals surface area contributed by atoms with Crippen LogP contribution in [0.2, 0.25) is 5.02 Å². The zero-order valence-corrected chi connectivity index (χ0v) is 8.52. The maximum atomic E-state index is 5.93. The summed E-state index contributed by atoms with van der Waals surface area (Å²) in [5.41, 5.74) is 2.59. The predicted molar refractivity (Wildman–Crippen MR) is 58.4 cm³/mol. The average Bonchev–Trinajstić information content (AvgIpc) is 2.06. The Morgan fingerprint density at radius 3 is 2.54 bits per heavy atom. The summed E-state index contributed by atoms with van der Waals surface area (Å²) in [5, 5.41) is 3.32. The molecule has 2 rings (SSSR count). The van der Waals surface area contributed by atoms with Crippen molar-refractivity contribution in [2.75, 3.05) is 0 Å². The monoisotopic (exact) mass is 190 g/mol. The molecule has 0 nitrogen and oxygen atoms in total. The number of benzene rings is 2. The Morgan fingerprint density at radius 1 is 1.00 bits per heavy atom. The van der Waals surface area contributed by atoms with Gasteiger partial charge < -0.3 is 0 Å². The highest BCUT2D eigenvalue weighted by Gasteiger charge is 1.98. The molecule has 0 aliphatic carbocycles. The summed E-state index contributed by atoms with van der Waals surface area (Å²) in [6.45, 7) is 4.23. The number of rotatable bonds is 0. The van der Waals surface area contributed by atoms with Gasteiger partial charge in [0.1, 0.15) is 0 Å². The molecule has 0 saturated carbocycles. The van der Waals surface area contributed by atoms with E-state index in [0.29, 0.717) is 0 Å². The van der Waals surface area contributed by atoms with Gasteiger partial charge in [-0.05, 0) is 42.3 Å². The number of fused-ring (bicyclic) bond motifs is 1. The van der Waals surface area contributed by atoms with Gasteiger partial charge >= 0.3 is 0 Å². The topological polar surface area (TPSA) is 0 Å². The minimum Gasteiger partial charge on any atom is -0.0843 e. The van der Waals surface area contributed by atoms with Gasteiger partial charge in [-0.15, -0.1) is 0 Å². The molecule has 0 N–H and O–H groups in total. The summed E-state index contributed by atoms with van der Waals surface area (Å²) in [4.78, 5) is 0. The van der Waals surface area contributed by atoms with Crippen molar-refractivity contribution in [3.8, 4) is 0 Å². The molecule has 0 unspecified atom stereocenters. The molecule has 0 amide bonds. The number of aryl methyl sites for hydroxylation is 2. The molecule has 0 spiro atoms. The lowest BCUT2D eigenvalue weighted by Crippen LogP contribution is -1.81. The first kappa shape index (κ1) is 8.58. The van der Waals surface area contributed by atoms with Gasteiger partial charge in [0.2, 0.25) is 0 Å². The summed E-state index contributed by atoms with van der Waals surface area (Å²) in [5.74, 6) is 0. The fourth-order valence-corrected chi connectivity index (χ4v) is 1.87. The second kappa shape index (κ2) is 3.04. The number of hydrogen-bond acceptors (Lipinski definition) is 0. The van der Waals surface area contributed by atoms with Crippen LogP contribution in [-0.2, 0) is 0 Å². The second-order valence-electron chi connectivity index (χ2n) is 3.45. The first-order valence-electron chi connectivity index (χ1n) is 4.33. The van der Waals surface area contributed by atoms with Gasteiger partial charge in [-0.3, -0.25) is 0 Å². The van der Waals surface area contributed by atoms with Crippen molar-refractivity contribution in [1.29, 1.82) is 0 Å². The second-order valence-corrected chi connectivity index (χ2v) is 3.88. The lowest BCUT2D eigenvalue weighted by molar-refractivity contribution is 1.43. The van der Waals surface area contributed by atoms with Crippen LogP contribution in [-0.4, -0.2) is 0 Å². The molecule has 0 aliphatic heterocycles. The third-order valence-corrected chi connectivity index (χ3v) is 2.50. The summed E-state index contributed by atoms with van der Waals surface area (Å²) < 4.78 is 0. The van der Waals surface area contributed by atoms with E-state index in [4.69, 9.17) is 11.6 Å². The van der Waals surface area contributed by atoms with Crippen molar-refractivity contribution in [3.63, 3.8) is 0 Å². The van der Waals surface area contributed by atoms with Gasteiger partial charge in [-0.25, -0.2) is 0 Å². The van der Waals surface area contributed by atoms with E-state index in [2.05, 4.69) is 32.0 Å². The van der Waals surface area contributed by atoms with E-state index in [9.17, 15) is 0 Å². The van der Waals surface area contributed by atoms with Crippen LogP contribution in [0.4, 0.5) is 0 Å². The molecule has 2 aromatic carbocycles. The predicted octanol–water partition coefficient (Wildman–Crippen LogP) is 4.11. The highest BCUT2D eigenvalue weighted by Crippen LogP contribution is 2.23. The highest BCUT2D eigenvalue weighted by molar-refractivity contribution is 6.31. The molecular formula is C12H11Cl. The molecule has 66 valence electrons. The molecule has 2 aromatic rings. The normalized spacial score (nSPS) is 10.7. The first-order valence-corrected chi connectivity index (χ1v) is 4.71. The SMILES string of the molecule is Cc1cc(C)c2cc(Cl)ccc2c1. The summed E-state index contributed by atoms with van der Waals surface area (Å²) in [6.07, 6.45) is 0. The van der Waals surface area contributed by atoms with E-state index in [1.165, 1.54) is 21.9 Å². The zero-order valence-electron chi connectivity index (χ0n) is 7.76. The van der Waals surface area contributed by atoms with Gasteiger partial charge in [-0.1, -0.05) is 35.4 Å². The molecule has 0 aliphatic rings. The minimum absolute atomic E-state index is 0.805. The number of hydrogen-bond donors (Lipinski definition) is 0. The van der Waals surface area contributed by atoms with Gasteiger partial charge in [0, 0.05) is 5.02 Å². The van der Waals surface area contributed by atoms with Crippen LogP contribution >= 0.6 is 11.6 Å². The van der Waals surface area contributed by atoms with Crippen molar-refractivity contribution in [3.05, 3.63) is 46.5 Å². The fraction of sp³-hybridized carbons (Fsp3) is 0.167. The standard InChI is InChI=1S/C12H11Cl/c1-8-5-9(2)12-7-11(13)4-3-10(12)6-8/h3-7H,1-2H3. The van der Waals surface area contributed by atoms with Gasteiger partial charge in [0.25, 0.3) is 0 Å². The molecule has 0 atom stereocenters. The molecule has 0 fully saturated rings. The molecule has 0 bridgehead atoms. The van der Waals surface area contributed by atoms with Crippen molar-refractivity contribution >= 4 is 22.4 Å². The lowest BCUT2D eigenvalue weighted by atomic mass is 10.0. The molecule has 0 saturated heterocycles. The smallest absolute Gasteiger partial charge is 0.0412 e. The largest absolute Gasteiger partial charge is 0.0843 e. The molecule has 0 heterocycles. The van der Waals surface area contributed by atoms with Gasteiger partial charge in [0.05, 0.1) is 0 Å². The quantitative estimate of drug-likeness (QED) is 0.587. The molecular weight excluding hydrogens is 180 g/mol. The summed E-state index contributed by atoms with van der Waals surface area (Å²) >= 11 is 5.93. The third-order valence-electron chi connectivity index (χ3n) is 2.27. The fourth-order valence-electron chi connectivity index (χ4n) is 1.70. The van der Waals surface area contributed by atoms with Crippen LogP contribution < -0.4 is 0 Å². The maximum Gasteiger partial charge on any atom is 0.0412 e. The van der Waals surface area contributed by atoms with E-state index in [1.807, 2.05) is 12.1 Å². The van der Waals surface area contributed by atoms with Crippen molar-refractivity contribution in [2.45, 2.75) is 13.8 Å². The maximum absolute atomic E-state index is 5.93. The average molecular weight is 191 g/mol. The number of halogens is 1. The Bertz CT molecular complexity index is 458. The van der Waals surface area contributed by atoms with Crippen LogP contribution in [0.1, 0.15) is 11.1 Å². The van der Waals surface area contributed by atoms with Crippen LogP contribution in [0.25, 0.3) is 10.8 Å². The van der Waals surface area contributed by atoms with Crippen molar-refractivity contribution in [1.82, 2.24) is 0 Å². The Hall–Kier alpha value is -1.01. The molecule has 13 heavy (non-hydrogen) atoms. The van der Waals surface area contributed by atoms with Gasteiger partial charge in [0.15, 0.2) is 0 Å². The molecule has 0 aromatic heterocycles. The zero-order chi connectivity index (χ0) is 9.42. The van der Waals surface area contributed by atoms with E-state index in [1.54, 1.807) is 0 Å². The van der Waals surface area contributed by atoms with E-state index in [-0.39, 0.29) is 0 Å². The minimum atomic E-state index is 0.805. The summed E-state index contributed by atoms with van der Waals surface area (Å²) in [6, 6.07) is 10.4. The van der Waals surface area contributed by atoms with E-state index in [0.717, 1.165) is 5.02 Å². The van der Waals surface area contributed by atoms with Crippen molar-refractivity contribution in [2.24, 2.45) is 0 Å². The third kappa shape index (κ3) is 1.54. The Balaban J connectivity index is 2.87. The highest BCUT2D eigenvalue weighted by atomic mass is 35.5. The Labute approximate surface area is 83.1 Å². The van der Waals surface area contributed by atoms with E-state index >= 15 is 0 Å². The van der Waals surface area contributed by atoms with Crippen LogP contribution in [0.3, 0.4) is 0 Å². The van der Waals surface area contributed by atoms with Crippen LogP contribution in [0, 0.1) is 13.8 Å². The molecule has 0 radical (unpaired) electrons.